The van der Waals surface area contributed by atoms with Crippen molar-refractivity contribution in [1.29, 1.82) is 0 Å². The van der Waals surface area contributed by atoms with Crippen molar-refractivity contribution in [2.45, 2.75) is 6.54 Å². The monoisotopic (exact) mass is 263 g/mol. The molecule has 0 aromatic carbocycles. The van der Waals surface area contributed by atoms with Gasteiger partial charge in [-0.05, 0) is 6.07 Å². The number of aryl methyl sites for hydroxylation is 1. The van der Waals surface area contributed by atoms with E-state index in [1.54, 1.807) is 19.3 Å². The van der Waals surface area contributed by atoms with E-state index in [1.807, 2.05) is 6.07 Å². The van der Waals surface area contributed by atoms with Crippen molar-refractivity contribution >= 4 is 11.5 Å². The van der Waals surface area contributed by atoms with Gasteiger partial charge in [0.2, 0.25) is 11.7 Å². The molecule has 100 valence electrons. The van der Waals surface area contributed by atoms with Crippen LogP contribution < -0.4 is 10.1 Å². The summed E-state index contributed by atoms with van der Waals surface area (Å²) < 4.78 is 6.50. The van der Waals surface area contributed by atoms with E-state index in [-0.39, 0.29) is 11.5 Å². The number of methoxy groups -OCH3 is 1. The standard InChI is InChI=1S/C11H13N5O3/c1-15-7-9(16(17)18)10(14-15)13-6-8-4-3-5-12-11(8)19-2/h3-5,7H,6H2,1-2H3,(H,13,14). The Balaban J connectivity index is 2.16. The fourth-order valence-electron chi connectivity index (χ4n) is 1.66. The largest absolute Gasteiger partial charge is 0.481 e. The number of nitrogens with one attached hydrogen (secondary N) is 1. The van der Waals surface area contributed by atoms with Crippen LogP contribution in [0.4, 0.5) is 11.5 Å². The normalized spacial score (nSPS) is 10.2. The topological polar surface area (TPSA) is 95.1 Å². The van der Waals surface area contributed by atoms with Crippen molar-refractivity contribution in [1.82, 2.24) is 14.8 Å². The summed E-state index contributed by atoms with van der Waals surface area (Å²) in [4.78, 5) is 14.4. The summed E-state index contributed by atoms with van der Waals surface area (Å²) in [6.07, 6.45) is 2.97. The van der Waals surface area contributed by atoms with Crippen LogP contribution in [0.3, 0.4) is 0 Å². The number of anilines is 1. The minimum atomic E-state index is -0.476. The van der Waals surface area contributed by atoms with Crippen LogP contribution >= 0.6 is 0 Å². The van der Waals surface area contributed by atoms with Crippen LogP contribution in [0.25, 0.3) is 0 Å². The quantitative estimate of drug-likeness (QED) is 0.646. The van der Waals surface area contributed by atoms with Gasteiger partial charge >= 0.3 is 5.69 Å². The first-order chi connectivity index (χ1) is 9.11. The van der Waals surface area contributed by atoms with Gasteiger partial charge in [0.25, 0.3) is 0 Å². The lowest BCUT2D eigenvalue weighted by molar-refractivity contribution is -0.384. The first kappa shape index (κ1) is 12.8. The maximum absolute atomic E-state index is 10.8. The lowest BCUT2D eigenvalue weighted by Gasteiger charge is -2.07. The smallest absolute Gasteiger partial charge is 0.330 e. The molecule has 2 aromatic rings. The maximum Gasteiger partial charge on any atom is 0.330 e. The summed E-state index contributed by atoms with van der Waals surface area (Å²) in [5.74, 6) is 0.701. The molecule has 0 aliphatic rings. The second kappa shape index (κ2) is 5.34. The van der Waals surface area contributed by atoms with E-state index in [2.05, 4.69) is 15.4 Å². The molecule has 19 heavy (non-hydrogen) atoms. The summed E-state index contributed by atoms with van der Waals surface area (Å²) in [5.41, 5.74) is 0.732. The molecule has 0 saturated carbocycles. The average Bonchev–Trinajstić information content (AvgIpc) is 2.78. The van der Waals surface area contributed by atoms with Crippen LogP contribution in [0.2, 0.25) is 0 Å². The predicted octanol–water partition coefficient (Wildman–Crippen LogP) is 1.34. The van der Waals surface area contributed by atoms with Gasteiger partial charge in [-0.15, -0.1) is 5.10 Å². The molecule has 0 atom stereocenters. The van der Waals surface area contributed by atoms with Crippen molar-refractivity contribution in [3.05, 3.63) is 40.2 Å². The minimum absolute atomic E-state index is 0.0645. The highest BCUT2D eigenvalue weighted by molar-refractivity contribution is 5.54. The Hall–Kier alpha value is -2.64. The highest BCUT2D eigenvalue weighted by atomic mass is 16.6. The number of nitrogens with zero attached hydrogens (tertiary/aromatic N) is 4. The lowest BCUT2D eigenvalue weighted by Crippen LogP contribution is -2.05. The van der Waals surface area contributed by atoms with Crippen molar-refractivity contribution < 1.29 is 9.66 Å². The Morgan fingerprint density at radius 1 is 1.58 bits per heavy atom. The van der Waals surface area contributed by atoms with Crippen LogP contribution in [0, 0.1) is 10.1 Å². The van der Waals surface area contributed by atoms with Gasteiger partial charge in [0.05, 0.1) is 12.0 Å². The fourth-order valence-corrected chi connectivity index (χ4v) is 1.66. The van der Waals surface area contributed by atoms with Crippen LogP contribution in [0.1, 0.15) is 5.56 Å². The van der Waals surface area contributed by atoms with E-state index in [1.165, 1.54) is 18.0 Å². The molecule has 0 saturated heterocycles. The van der Waals surface area contributed by atoms with Gasteiger partial charge < -0.3 is 10.1 Å². The van der Waals surface area contributed by atoms with Crippen molar-refractivity contribution in [3.8, 4) is 5.88 Å². The van der Waals surface area contributed by atoms with Gasteiger partial charge in [0.1, 0.15) is 6.20 Å². The van der Waals surface area contributed by atoms with E-state index in [9.17, 15) is 10.1 Å². The zero-order chi connectivity index (χ0) is 13.8. The van der Waals surface area contributed by atoms with E-state index < -0.39 is 4.92 Å². The number of aromatic nitrogens is 3. The molecular weight excluding hydrogens is 250 g/mol. The van der Waals surface area contributed by atoms with Crippen LogP contribution in [0.15, 0.2) is 24.5 Å². The molecule has 0 fully saturated rings. The lowest BCUT2D eigenvalue weighted by atomic mass is 10.2. The molecule has 0 aliphatic carbocycles. The summed E-state index contributed by atoms with van der Waals surface area (Å²) in [5, 5.41) is 17.8. The predicted molar refractivity (Wildman–Crippen MR) is 68.0 cm³/mol. The Bertz CT molecular complexity index is 596. The third-order valence-corrected chi connectivity index (χ3v) is 2.50. The van der Waals surface area contributed by atoms with E-state index in [0.717, 1.165) is 5.56 Å². The Kier molecular flexibility index (Phi) is 3.60. The third kappa shape index (κ3) is 2.79. The van der Waals surface area contributed by atoms with E-state index in [0.29, 0.717) is 12.4 Å². The minimum Gasteiger partial charge on any atom is -0.481 e. The fraction of sp³-hybridized carbons (Fsp3) is 0.273. The number of rotatable bonds is 5. The SMILES string of the molecule is COc1ncccc1CNc1nn(C)cc1[N+](=O)[O-]. The number of ether oxygens (including phenoxy) is 1. The second-order valence-corrected chi connectivity index (χ2v) is 3.82. The number of hydrogen-bond acceptors (Lipinski definition) is 6. The van der Waals surface area contributed by atoms with Gasteiger partial charge in [-0.1, -0.05) is 6.07 Å². The van der Waals surface area contributed by atoms with Crippen LogP contribution in [-0.2, 0) is 13.6 Å². The van der Waals surface area contributed by atoms with Gasteiger partial charge in [0.15, 0.2) is 0 Å². The Labute approximate surface area is 109 Å². The molecule has 0 bridgehead atoms. The van der Waals surface area contributed by atoms with Crippen LogP contribution in [0.5, 0.6) is 5.88 Å². The summed E-state index contributed by atoms with van der Waals surface area (Å²) in [6.45, 7) is 0.342. The van der Waals surface area contributed by atoms with Crippen LogP contribution in [-0.4, -0.2) is 26.8 Å². The molecule has 8 nitrogen and oxygen atoms in total. The summed E-state index contributed by atoms with van der Waals surface area (Å²) in [6, 6.07) is 3.60. The highest BCUT2D eigenvalue weighted by Crippen LogP contribution is 2.23. The molecule has 8 heteroatoms. The average molecular weight is 263 g/mol. The number of pyridine rings is 1. The molecule has 2 heterocycles. The molecule has 0 unspecified atom stereocenters. The maximum atomic E-state index is 10.8. The number of nitro groups is 1. The van der Waals surface area contributed by atoms with E-state index >= 15 is 0 Å². The molecule has 0 aliphatic heterocycles. The first-order valence-electron chi connectivity index (χ1n) is 5.51. The Morgan fingerprint density at radius 2 is 2.37 bits per heavy atom. The Morgan fingerprint density at radius 3 is 3.05 bits per heavy atom. The van der Waals surface area contributed by atoms with Gasteiger partial charge in [-0.25, -0.2) is 4.98 Å². The third-order valence-electron chi connectivity index (χ3n) is 2.50. The van der Waals surface area contributed by atoms with Gasteiger partial charge in [-0.2, -0.15) is 0 Å². The van der Waals surface area contributed by atoms with Gasteiger partial charge in [0, 0.05) is 25.4 Å². The summed E-state index contributed by atoms with van der Waals surface area (Å²) in [7, 11) is 3.15. The molecular formula is C11H13N5O3. The highest BCUT2D eigenvalue weighted by Gasteiger charge is 2.18. The molecule has 0 radical (unpaired) electrons. The molecule has 0 spiro atoms. The van der Waals surface area contributed by atoms with Crippen molar-refractivity contribution in [2.75, 3.05) is 12.4 Å². The van der Waals surface area contributed by atoms with Crippen molar-refractivity contribution in [2.24, 2.45) is 7.05 Å². The number of hydrogen-bond donors (Lipinski definition) is 1. The molecule has 0 amide bonds. The van der Waals surface area contributed by atoms with Gasteiger partial charge in [-0.3, -0.25) is 14.8 Å². The zero-order valence-corrected chi connectivity index (χ0v) is 10.5. The summed E-state index contributed by atoms with van der Waals surface area (Å²) >= 11 is 0. The molecule has 2 rings (SSSR count). The zero-order valence-electron chi connectivity index (χ0n) is 10.5. The second-order valence-electron chi connectivity index (χ2n) is 3.82. The molecule has 1 N–H and O–H groups in total. The van der Waals surface area contributed by atoms with Crippen molar-refractivity contribution in [3.63, 3.8) is 0 Å². The molecule has 2 aromatic heterocycles. The van der Waals surface area contributed by atoms with E-state index in [4.69, 9.17) is 4.74 Å². The first-order valence-corrected chi connectivity index (χ1v) is 5.51.